The van der Waals surface area contributed by atoms with Gasteiger partial charge in [-0.1, -0.05) is 24.3 Å². The van der Waals surface area contributed by atoms with E-state index in [0.717, 1.165) is 17.7 Å². The van der Waals surface area contributed by atoms with Crippen molar-refractivity contribution in [2.45, 2.75) is 19.4 Å². The highest BCUT2D eigenvalue weighted by molar-refractivity contribution is 5.46. The Hall–Kier alpha value is -2.00. The Labute approximate surface area is 127 Å². The van der Waals surface area contributed by atoms with Crippen LogP contribution in [0.5, 0.6) is 5.75 Å². The molecule has 21 heavy (non-hydrogen) atoms. The van der Waals surface area contributed by atoms with Crippen molar-refractivity contribution in [3.8, 4) is 5.75 Å². The molecule has 0 saturated carbocycles. The maximum absolute atomic E-state index is 6.31. The minimum atomic E-state index is 0.0131. The van der Waals surface area contributed by atoms with Crippen LogP contribution in [0.4, 0.5) is 5.69 Å². The summed E-state index contributed by atoms with van der Waals surface area (Å²) in [6.07, 6.45) is 0.827. The zero-order chi connectivity index (χ0) is 15.2. The van der Waals surface area contributed by atoms with Gasteiger partial charge in [0.25, 0.3) is 0 Å². The lowest BCUT2D eigenvalue weighted by atomic mass is 9.99. The smallest absolute Gasteiger partial charge is 0.119 e. The van der Waals surface area contributed by atoms with Gasteiger partial charge in [-0.25, -0.2) is 0 Å². The second-order valence-corrected chi connectivity index (χ2v) is 5.37. The summed E-state index contributed by atoms with van der Waals surface area (Å²) in [6.45, 7) is 2.68. The molecule has 3 heteroatoms. The van der Waals surface area contributed by atoms with Gasteiger partial charge < -0.3 is 15.4 Å². The highest BCUT2D eigenvalue weighted by Gasteiger charge is 2.08. The number of ether oxygens (including phenoxy) is 1. The third-order valence-corrected chi connectivity index (χ3v) is 3.53. The fourth-order valence-corrected chi connectivity index (χ4v) is 2.28. The van der Waals surface area contributed by atoms with Crippen LogP contribution in [0.1, 0.15) is 24.1 Å². The molecule has 0 spiro atoms. The molecule has 0 saturated heterocycles. The molecule has 0 aliphatic heterocycles. The fourth-order valence-electron chi connectivity index (χ4n) is 2.28. The van der Waals surface area contributed by atoms with E-state index in [0.29, 0.717) is 6.61 Å². The Bertz CT molecular complexity index is 546. The van der Waals surface area contributed by atoms with E-state index in [9.17, 15) is 0 Å². The molecular weight excluding hydrogens is 260 g/mol. The van der Waals surface area contributed by atoms with Gasteiger partial charge in [0.05, 0.1) is 6.61 Å². The molecule has 0 heterocycles. The summed E-state index contributed by atoms with van der Waals surface area (Å²) in [5, 5.41) is 0. The van der Waals surface area contributed by atoms with Crippen molar-refractivity contribution in [3.63, 3.8) is 0 Å². The first kappa shape index (κ1) is 15.4. The van der Waals surface area contributed by atoms with Gasteiger partial charge in [0.15, 0.2) is 0 Å². The van der Waals surface area contributed by atoms with Crippen LogP contribution in [0.2, 0.25) is 0 Å². The number of nitrogens with two attached hydrogens (primary N) is 1. The molecule has 0 aliphatic rings. The predicted molar refractivity (Wildman–Crippen MR) is 89.0 cm³/mol. The lowest BCUT2D eigenvalue weighted by Crippen LogP contribution is -2.14. The van der Waals surface area contributed by atoms with E-state index in [-0.39, 0.29) is 6.04 Å². The Morgan fingerprint density at radius 2 is 1.62 bits per heavy atom. The van der Waals surface area contributed by atoms with Crippen molar-refractivity contribution < 1.29 is 4.74 Å². The summed E-state index contributed by atoms with van der Waals surface area (Å²) in [7, 11) is 4.07. The first-order valence-electron chi connectivity index (χ1n) is 7.34. The van der Waals surface area contributed by atoms with E-state index in [2.05, 4.69) is 41.3 Å². The van der Waals surface area contributed by atoms with Gasteiger partial charge in [0.2, 0.25) is 0 Å². The number of anilines is 1. The van der Waals surface area contributed by atoms with Crippen molar-refractivity contribution in [2.24, 2.45) is 5.73 Å². The van der Waals surface area contributed by atoms with Crippen LogP contribution >= 0.6 is 0 Å². The average Bonchev–Trinajstić information content (AvgIpc) is 2.49. The van der Waals surface area contributed by atoms with E-state index in [4.69, 9.17) is 10.5 Å². The molecule has 3 nitrogen and oxygen atoms in total. The van der Waals surface area contributed by atoms with Crippen LogP contribution in [-0.4, -0.2) is 20.7 Å². The second-order valence-electron chi connectivity index (χ2n) is 5.37. The monoisotopic (exact) mass is 284 g/mol. The van der Waals surface area contributed by atoms with Crippen LogP contribution in [0, 0.1) is 0 Å². The number of nitrogens with zero attached hydrogens (tertiary/aromatic N) is 1. The minimum absolute atomic E-state index is 0.0131. The standard InChI is InChI=1S/C18H24N2O/c1-4-21-17-11-5-14(6-12-17)13-18(19)15-7-9-16(10-8-15)20(2)3/h5-12,18H,4,13,19H2,1-3H3. The van der Waals surface area contributed by atoms with Gasteiger partial charge in [-0.3, -0.25) is 0 Å². The van der Waals surface area contributed by atoms with Gasteiger partial charge in [-0.2, -0.15) is 0 Å². The molecule has 1 atom stereocenters. The molecule has 0 radical (unpaired) electrons. The van der Waals surface area contributed by atoms with Gasteiger partial charge in [-0.15, -0.1) is 0 Å². The lowest BCUT2D eigenvalue weighted by Gasteiger charge is -2.16. The van der Waals surface area contributed by atoms with Crippen LogP contribution in [0.25, 0.3) is 0 Å². The van der Waals surface area contributed by atoms with E-state index in [1.807, 2.05) is 33.2 Å². The summed E-state index contributed by atoms with van der Waals surface area (Å²) in [5.41, 5.74) is 9.88. The van der Waals surface area contributed by atoms with Gasteiger partial charge in [-0.05, 0) is 48.7 Å². The molecule has 2 aromatic carbocycles. The summed E-state index contributed by atoms with van der Waals surface area (Å²) < 4.78 is 5.45. The van der Waals surface area contributed by atoms with Crippen LogP contribution < -0.4 is 15.4 Å². The molecule has 0 aromatic heterocycles. The third kappa shape index (κ3) is 4.23. The van der Waals surface area contributed by atoms with Gasteiger partial charge >= 0.3 is 0 Å². The molecule has 0 bridgehead atoms. The molecule has 1 unspecified atom stereocenters. The number of hydrogen-bond acceptors (Lipinski definition) is 3. The summed E-state index contributed by atoms with van der Waals surface area (Å²) >= 11 is 0. The predicted octanol–water partition coefficient (Wildman–Crippen LogP) is 3.39. The minimum Gasteiger partial charge on any atom is -0.494 e. The Morgan fingerprint density at radius 3 is 2.14 bits per heavy atom. The highest BCUT2D eigenvalue weighted by Crippen LogP contribution is 2.21. The molecule has 0 fully saturated rings. The van der Waals surface area contributed by atoms with Crippen LogP contribution in [0.15, 0.2) is 48.5 Å². The lowest BCUT2D eigenvalue weighted by molar-refractivity contribution is 0.340. The van der Waals surface area contributed by atoms with E-state index < -0.39 is 0 Å². The average molecular weight is 284 g/mol. The van der Waals surface area contributed by atoms with Gasteiger partial charge in [0, 0.05) is 25.8 Å². The zero-order valence-corrected chi connectivity index (χ0v) is 13.0. The molecule has 2 aromatic rings. The normalized spacial score (nSPS) is 12.0. The SMILES string of the molecule is CCOc1ccc(CC(N)c2ccc(N(C)C)cc2)cc1. The van der Waals surface area contributed by atoms with Gasteiger partial charge in [0.1, 0.15) is 5.75 Å². The second kappa shape index (κ2) is 7.14. The number of hydrogen-bond donors (Lipinski definition) is 1. The Kier molecular flexibility index (Phi) is 5.23. The first-order chi connectivity index (χ1) is 10.1. The molecule has 0 aliphatic carbocycles. The van der Waals surface area contributed by atoms with E-state index in [1.165, 1.54) is 11.3 Å². The molecule has 112 valence electrons. The molecular formula is C18H24N2O. The Morgan fingerprint density at radius 1 is 1.00 bits per heavy atom. The van der Waals surface area contributed by atoms with Crippen molar-refractivity contribution >= 4 is 5.69 Å². The topological polar surface area (TPSA) is 38.5 Å². The maximum Gasteiger partial charge on any atom is 0.119 e. The largest absolute Gasteiger partial charge is 0.494 e. The van der Waals surface area contributed by atoms with Crippen LogP contribution in [0.3, 0.4) is 0 Å². The van der Waals surface area contributed by atoms with Crippen molar-refractivity contribution in [1.29, 1.82) is 0 Å². The quantitative estimate of drug-likeness (QED) is 0.883. The first-order valence-corrected chi connectivity index (χ1v) is 7.34. The van der Waals surface area contributed by atoms with Crippen molar-refractivity contribution in [2.75, 3.05) is 25.6 Å². The number of benzene rings is 2. The molecule has 0 amide bonds. The third-order valence-electron chi connectivity index (χ3n) is 3.53. The van der Waals surface area contributed by atoms with E-state index in [1.54, 1.807) is 0 Å². The number of rotatable bonds is 6. The molecule has 2 rings (SSSR count). The van der Waals surface area contributed by atoms with E-state index >= 15 is 0 Å². The van der Waals surface area contributed by atoms with Crippen molar-refractivity contribution in [1.82, 2.24) is 0 Å². The maximum atomic E-state index is 6.31. The highest BCUT2D eigenvalue weighted by atomic mass is 16.5. The summed E-state index contributed by atoms with van der Waals surface area (Å²) in [4.78, 5) is 2.09. The Balaban J connectivity index is 2.01. The molecule has 2 N–H and O–H groups in total. The fraction of sp³-hybridized carbons (Fsp3) is 0.333. The van der Waals surface area contributed by atoms with Crippen LogP contribution in [-0.2, 0) is 6.42 Å². The summed E-state index contributed by atoms with van der Waals surface area (Å²) in [6, 6.07) is 16.6. The zero-order valence-electron chi connectivity index (χ0n) is 13.0. The van der Waals surface area contributed by atoms with Crippen molar-refractivity contribution in [3.05, 3.63) is 59.7 Å². The summed E-state index contributed by atoms with van der Waals surface area (Å²) in [5.74, 6) is 0.908.